The molecule has 0 aliphatic rings. The van der Waals surface area contributed by atoms with Crippen LogP contribution in [0.1, 0.15) is 18.1 Å². The van der Waals surface area contributed by atoms with Gasteiger partial charge in [-0.15, -0.1) is 0 Å². The van der Waals surface area contributed by atoms with Crippen molar-refractivity contribution in [2.75, 3.05) is 18.1 Å². The fourth-order valence-electron chi connectivity index (χ4n) is 2.87. The lowest BCUT2D eigenvalue weighted by molar-refractivity contribution is -0.142. The van der Waals surface area contributed by atoms with Crippen molar-refractivity contribution in [3.8, 4) is 0 Å². The molecule has 3 rings (SSSR count). The highest BCUT2D eigenvalue weighted by Crippen LogP contribution is 2.15. The highest BCUT2D eigenvalue weighted by atomic mass is 19.1. The summed E-state index contributed by atoms with van der Waals surface area (Å²) < 4.78 is 19.9. The van der Waals surface area contributed by atoms with Crippen LogP contribution in [0, 0.1) is 5.82 Å². The Morgan fingerprint density at radius 1 is 1.13 bits per heavy atom. The third-order valence-corrected chi connectivity index (χ3v) is 4.35. The second kappa shape index (κ2) is 10.2. The van der Waals surface area contributed by atoms with Gasteiger partial charge in [0.05, 0.1) is 12.7 Å². The van der Waals surface area contributed by atoms with Crippen LogP contribution in [-0.4, -0.2) is 34.8 Å². The van der Waals surface area contributed by atoms with Gasteiger partial charge in [0.2, 0.25) is 0 Å². The number of carbonyl (C=O) groups is 2. The molecule has 1 amide bonds. The second-order valence-corrected chi connectivity index (χ2v) is 6.51. The van der Waals surface area contributed by atoms with Gasteiger partial charge in [0.25, 0.3) is 5.91 Å². The van der Waals surface area contributed by atoms with E-state index in [0.717, 1.165) is 11.1 Å². The summed E-state index contributed by atoms with van der Waals surface area (Å²) in [5.74, 6) is -1.40. The van der Waals surface area contributed by atoms with Crippen LogP contribution in [0.3, 0.4) is 0 Å². The zero-order chi connectivity index (χ0) is 21.3. The maximum absolute atomic E-state index is 13.1. The number of carbonyl (C=O) groups excluding carboxylic acids is 2. The Labute approximate surface area is 174 Å². The average Bonchev–Trinajstić information content (AvgIpc) is 3.20. The van der Waals surface area contributed by atoms with Crippen LogP contribution in [0.4, 0.5) is 10.1 Å². The van der Waals surface area contributed by atoms with E-state index in [1.54, 1.807) is 23.9 Å². The van der Waals surface area contributed by atoms with Crippen molar-refractivity contribution in [1.82, 2.24) is 9.78 Å². The lowest BCUT2D eigenvalue weighted by atomic mass is 10.2. The first kappa shape index (κ1) is 21.0. The monoisotopic (exact) mass is 407 g/mol. The van der Waals surface area contributed by atoms with Crippen LogP contribution in [-0.2, 0) is 20.9 Å². The number of aromatic nitrogens is 2. The minimum absolute atomic E-state index is 0.373. The minimum Gasteiger partial charge on any atom is -0.452 e. The highest BCUT2D eigenvalue weighted by molar-refractivity contribution is 5.96. The lowest BCUT2D eigenvalue weighted by Gasteiger charge is -2.20. The number of hydrogen-bond acceptors (Lipinski definition) is 4. The number of hydrogen-bond donors (Lipinski definition) is 0. The third-order valence-electron chi connectivity index (χ3n) is 4.35. The molecule has 0 radical (unpaired) electrons. The Hall–Kier alpha value is -3.74. The van der Waals surface area contributed by atoms with E-state index in [1.165, 1.54) is 35.2 Å². The van der Waals surface area contributed by atoms with Crippen molar-refractivity contribution < 1.29 is 18.7 Å². The van der Waals surface area contributed by atoms with Crippen LogP contribution in [0.2, 0.25) is 0 Å². The number of esters is 1. The Bertz CT molecular complexity index is 1010. The number of benzene rings is 2. The number of ether oxygens (including phenoxy) is 1. The molecule has 0 atom stereocenters. The molecule has 0 fully saturated rings. The molecule has 0 spiro atoms. The van der Waals surface area contributed by atoms with Crippen LogP contribution < -0.4 is 4.90 Å². The van der Waals surface area contributed by atoms with Gasteiger partial charge in [0.1, 0.15) is 5.82 Å². The molecule has 0 unspecified atom stereocenters. The maximum Gasteiger partial charge on any atom is 0.331 e. The predicted molar refractivity (Wildman–Crippen MR) is 112 cm³/mol. The van der Waals surface area contributed by atoms with Crippen molar-refractivity contribution in [2.45, 2.75) is 13.5 Å². The van der Waals surface area contributed by atoms with Crippen molar-refractivity contribution in [2.24, 2.45) is 0 Å². The summed E-state index contributed by atoms with van der Waals surface area (Å²) in [6, 6.07) is 15.5. The fourth-order valence-corrected chi connectivity index (χ4v) is 2.87. The molecule has 0 bridgehead atoms. The third kappa shape index (κ3) is 5.88. The van der Waals surface area contributed by atoms with E-state index in [4.69, 9.17) is 4.74 Å². The van der Waals surface area contributed by atoms with Gasteiger partial charge in [-0.3, -0.25) is 9.48 Å². The molecular formula is C23H22FN3O3. The number of nitrogens with zero attached hydrogens (tertiary/aromatic N) is 3. The topological polar surface area (TPSA) is 64.4 Å². The van der Waals surface area contributed by atoms with Crippen molar-refractivity contribution >= 4 is 23.6 Å². The molecule has 0 aliphatic heterocycles. The molecule has 6 nitrogen and oxygen atoms in total. The number of likely N-dealkylation sites (N-methyl/N-ethyl adjacent to an activating group) is 1. The Morgan fingerprint density at radius 2 is 1.87 bits per heavy atom. The van der Waals surface area contributed by atoms with Gasteiger partial charge in [-0.05, 0) is 42.8 Å². The van der Waals surface area contributed by atoms with Crippen LogP contribution in [0.25, 0.3) is 6.08 Å². The summed E-state index contributed by atoms with van der Waals surface area (Å²) in [4.78, 5) is 25.7. The van der Waals surface area contributed by atoms with E-state index in [9.17, 15) is 14.0 Å². The van der Waals surface area contributed by atoms with E-state index in [0.29, 0.717) is 18.8 Å². The standard InChI is InChI=1S/C23H22FN3O3/c1-2-27(21-11-9-20(24)10-12-21)22(28)17-30-23(29)13-8-19-14-25-26(16-19)15-18-6-4-3-5-7-18/h3-14,16H,2,15,17H2,1H3/b13-8+. The zero-order valence-electron chi connectivity index (χ0n) is 16.6. The lowest BCUT2D eigenvalue weighted by Crippen LogP contribution is -2.34. The molecule has 154 valence electrons. The number of anilines is 1. The number of amides is 1. The Balaban J connectivity index is 1.51. The summed E-state index contributed by atoms with van der Waals surface area (Å²) in [6.07, 6.45) is 6.30. The van der Waals surface area contributed by atoms with Crippen molar-refractivity contribution in [3.63, 3.8) is 0 Å². The maximum atomic E-state index is 13.1. The summed E-state index contributed by atoms with van der Waals surface area (Å²) >= 11 is 0. The second-order valence-electron chi connectivity index (χ2n) is 6.51. The molecule has 7 heteroatoms. The molecular weight excluding hydrogens is 385 g/mol. The zero-order valence-corrected chi connectivity index (χ0v) is 16.6. The van der Waals surface area contributed by atoms with E-state index < -0.39 is 12.6 Å². The summed E-state index contributed by atoms with van der Waals surface area (Å²) in [5, 5.41) is 4.26. The number of halogens is 1. The van der Waals surface area contributed by atoms with Gasteiger partial charge in [-0.1, -0.05) is 30.3 Å². The molecule has 1 heterocycles. The first-order valence-electron chi connectivity index (χ1n) is 9.52. The smallest absolute Gasteiger partial charge is 0.331 e. The van der Waals surface area contributed by atoms with E-state index in [1.807, 2.05) is 36.5 Å². The van der Waals surface area contributed by atoms with Crippen LogP contribution in [0.5, 0.6) is 0 Å². The largest absolute Gasteiger partial charge is 0.452 e. The van der Waals surface area contributed by atoms with Gasteiger partial charge >= 0.3 is 5.97 Å². The average molecular weight is 407 g/mol. The fraction of sp³-hybridized carbons (Fsp3) is 0.174. The van der Waals surface area contributed by atoms with Gasteiger partial charge in [0.15, 0.2) is 6.61 Å². The molecule has 0 saturated heterocycles. The highest BCUT2D eigenvalue weighted by Gasteiger charge is 2.15. The summed E-state index contributed by atoms with van der Waals surface area (Å²) in [7, 11) is 0. The molecule has 1 aromatic heterocycles. The minimum atomic E-state index is -0.630. The molecule has 2 aromatic carbocycles. The Morgan fingerprint density at radius 3 is 2.57 bits per heavy atom. The van der Waals surface area contributed by atoms with Crippen molar-refractivity contribution in [1.29, 1.82) is 0 Å². The molecule has 0 N–H and O–H groups in total. The quantitative estimate of drug-likeness (QED) is 0.422. The summed E-state index contributed by atoms with van der Waals surface area (Å²) in [6.45, 7) is 2.39. The Kier molecular flexibility index (Phi) is 7.10. The van der Waals surface area contributed by atoms with Crippen LogP contribution >= 0.6 is 0 Å². The number of rotatable bonds is 8. The van der Waals surface area contributed by atoms with Gasteiger partial charge in [0, 0.05) is 30.1 Å². The van der Waals surface area contributed by atoms with E-state index in [2.05, 4.69) is 5.10 Å². The first-order chi connectivity index (χ1) is 14.5. The molecule has 0 saturated carbocycles. The van der Waals surface area contributed by atoms with Gasteiger partial charge in [-0.2, -0.15) is 5.10 Å². The molecule has 3 aromatic rings. The van der Waals surface area contributed by atoms with E-state index >= 15 is 0 Å². The van der Waals surface area contributed by atoms with Gasteiger partial charge in [-0.25, -0.2) is 9.18 Å². The van der Waals surface area contributed by atoms with Gasteiger partial charge < -0.3 is 9.64 Å². The SMILES string of the molecule is CCN(C(=O)COC(=O)/C=C/c1cnn(Cc2ccccc2)c1)c1ccc(F)cc1. The predicted octanol–water partition coefficient (Wildman–Crippen LogP) is 3.68. The first-order valence-corrected chi connectivity index (χ1v) is 9.52. The normalized spacial score (nSPS) is 10.9. The van der Waals surface area contributed by atoms with E-state index in [-0.39, 0.29) is 11.7 Å². The summed E-state index contributed by atoms with van der Waals surface area (Å²) in [5.41, 5.74) is 2.41. The van der Waals surface area contributed by atoms with Crippen LogP contribution in [0.15, 0.2) is 73.1 Å². The molecule has 0 aliphatic carbocycles. The van der Waals surface area contributed by atoms with Crippen molar-refractivity contribution in [3.05, 3.63) is 90.0 Å². The molecule has 30 heavy (non-hydrogen) atoms.